The van der Waals surface area contributed by atoms with Gasteiger partial charge in [0.05, 0.1) is 5.52 Å². The van der Waals surface area contributed by atoms with Crippen molar-refractivity contribution in [3.05, 3.63) is 128 Å². The van der Waals surface area contributed by atoms with Crippen LogP contribution in [0.5, 0.6) is 0 Å². The Labute approximate surface area is 213 Å². The molecule has 0 fully saturated rings. The van der Waals surface area contributed by atoms with Crippen molar-refractivity contribution in [2.45, 2.75) is 0 Å². The molecule has 8 rings (SSSR count). The molecule has 0 radical (unpaired) electrons. The summed E-state index contributed by atoms with van der Waals surface area (Å²) in [5.41, 5.74) is 7.56. The maximum Gasteiger partial charge on any atom is 0.136 e. The number of fused-ring (bicyclic) bond motifs is 6. The largest absolute Gasteiger partial charge is 0.456 e. The van der Waals surface area contributed by atoms with Gasteiger partial charge in [-0.15, -0.1) is 0 Å². The summed E-state index contributed by atoms with van der Waals surface area (Å²) in [4.78, 5) is 5.01. The minimum Gasteiger partial charge on any atom is -0.456 e. The Kier molecular flexibility index (Phi) is 4.26. The molecule has 0 bridgehead atoms. The minimum absolute atomic E-state index is 0.901. The average Bonchev–Trinajstić information content (AvgIpc) is 3.35. The van der Waals surface area contributed by atoms with E-state index in [0.717, 1.165) is 32.8 Å². The van der Waals surface area contributed by atoms with Gasteiger partial charge in [0.1, 0.15) is 11.2 Å². The number of aromatic nitrogens is 1. The number of benzene rings is 6. The molecule has 37 heavy (non-hydrogen) atoms. The fourth-order valence-corrected chi connectivity index (χ4v) is 5.99. The first kappa shape index (κ1) is 20.3. The molecule has 2 heteroatoms. The van der Waals surface area contributed by atoms with E-state index in [1.807, 2.05) is 24.4 Å². The van der Waals surface area contributed by atoms with Gasteiger partial charge in [0, 0.05) is 27.9 Å². The summed E-state index contributed by atoms with van der Waals surface area (Å²) < 4.78 is 6.26. The molecule has 0 aliphatic carbocycles. The third-order valence-electron chi connectivity index (χ3n) is 7.51. The third-order valence-corrected chi connectivity index (χ3v) is 7.51. The highest BCUT2D eigenvalue weighted by Gasteiger charge is 2.21. The van der Waals surface area contributed by atoms with E-state index in [4.69, 9.17) is 9.40 Å². The summed E-state index contributed by atoms with van der Waals surface area (Å²) >= 11 is 0. The molecule has 0 atom stereocenters. The summed E-state index contributed by atoms with van der Waals surface area (Å²) in [5.74, 6) is 0. The number of rotatable bonds is 2. The van der Waals surface area contributed by atoms with Crippen LogP contribution in [0.25, 0.3) is 76.6 Å². The Morgan fingerprint density at radius 3 is 1.95 bits per heavy atom. The molecule has 0 aliphatic heterocycles. The zero-order chi connectivity index (χ0) is 24.3. The molecule has 0 spiro atoms. The van der Waals surface area contributed by atoms with Crippen LogP contribution in [-0.2, 0) is 0 Å². The van der Waals surface area contributed by atoms with Gasteiger partial charge in [0.25, 0.3) is 0 Å². The molecule has 0 aliphatic rings. The molecular weight excluding hydrogens is 450 g/mol. The number of hydrogen-bond acceptors (Lipinski definition) is 2. The van der Waals surface area contributed by atoms with Crippen LogP contribution < -0.4 is 0 Å². The highest BCUT2D eigenvalue weighted by atomic mass is 16.3. The van der Waals surface area contributed by atoms with Crippen molar-refractivity contribution in [2.24, 2.45) is 0 Å². The predicted octanol–water partition coefficient (Wildman–Crippen LogP) is 9.77. The Morgan fingerprint density at radius 2 is 1.05 bits per heavy atom. The van der Waals surface area contributed by atoms with Crippen LogP contribution in [0.3, 0.4) is 0 Å². The number of furan rings is 1. The van der Waals surface area contributed by atoms with Crippen molar-refractivity contribution in [1.29, 1.82) is 0 Å². The van der Waals surface area contributed by atoms with Gasteiger partial charge in [-0.2, -0.15) is 0 Å². The van der Waals surface area contributed by atoms with Crippen LogP contribution in [0.15, 0.2) is 132 Å². The van der Waals surface area contributed by atoms with E-state index in [-0.39, 0.29) is 0 Å². The molecule has 8 aromatic rings. The summed E-state index contributed by atoms with van der Waals surface area (Å²) in [5, 5.41) is 8.29. The van der Waals surface area contributed by atoms with Crippen LogP contribution in [0.4, 0.5) is 0 Å². The maximum atomic E-state index is 6.26. The van der Waals surface area contributed by atoms with Crippen LogP contribution >= 0.6 is 0 Å². The lowest BCUT2D eigenvalue weighted by molar-refractivity contribution is 0.669. The molecule has 6 aromatic carbocycles. The van der Waals surface area contributed by atoms with Gasteiger partial charge in [0.2, 0.25) is 0 Å². The van der Waals surface area contributed by atoms with Crippen molar-refractivity contribution in [3.8, 4) is 22.3 Å². The molecule has 0 saturated carbocycles. The lowest BCUT2D eigenvalue weighted by Gasteiger charge is -2.18. The fourth-order valence-electron chi connectivity index (χ4n) is 5.99. The number of nitrogens with zero attached hydrogens (tertiary/aromatic N) is 1. The minimum atomic E-state index is 0.901. The first-order valence-corrected chi connectivity index (χ1v) is 12.6. The molecule has 2 nitrogen and oxygen atoms in total. The third kappa shape index (κ3) is 2.90. The smallest absolute Gasteiger partial charge is 0.136 e. The van der Waals surface area contributed by atoms with E-state index in [0.29, 0.717) is 0 Å². The molecule has 0 amide bonds. The van der Waals surface area contributed by atoms with Crippen molar-refractivity contribution in [3.63, 3.8) is 0 Å². The lowest BCUT2D eigenvalue weighted by atomic mass is 9.85. The average molecular weight is 472 g/mol. The molecule has 0 N–H and O–H groups in total. The second kappa shape index (κ2) is 7.78. The fraction of sp³-hybridized carbons (Fsp3) is 0. The van der Waals surface area contributed by atoms with Crippen LogP contribution in [0.1, 0.15) is 0 Å². The normalized spacial score (nSPS) is 11.8. The van der Waals surface area contributed by atoms with E-state index in [9.17, 15) is 0 Å². The van der Waals surface area contributed by atoms with Crippen LogP contribution in [-0.4, -0.2) is 4.98 Å². The van der Waals surface area contributed by atoms with Crippen molar-refractivity contribution < 1.29 is 4.42 Å². The molecule has 0 saturated heterocycles. The van der Waals surface area contributed by atoms with E-state index < -0.39 is 0 Å². The molecule has 2 heterocycles. The van der Waals surface area contributed by atoms with E-state index in [1.165, 1.54) is 43.8 Å². The Hall–Kier alpha value is -4.95. The topological polar surface area (TPSA) is 26.0 Å². The Bertz CT molecular complexity index is 2090. The first-order chi connectivity index (χ1) is 18.4. The monoisotopic (exact) mass is 471 g/mol. The van der Waals surface area contributed by atoms with E-state index in [1.54, 1.807) is 0 Å². The number of hydrogen-bond donors (Lipinski definition) is 0. The predicted molar refractivity (Wildman–Crippen MR) is 155 cm³/mol. The zero-order valence-corrected chi connectivity index (χ0v) is 20.0. The van der Waals surface area contributed by atoms with Gasteiger partial charge in [0.15, 0.2) is 0 Å². The van der Waals surface area contributed by atoms with Gasteiger partial charge >= 0.3 is 0 Å². The lowest BCUT2D eigenvalue weighted by Crippen LogP contribution is -1.93. The summed E-state index contributed by atoms with van der Waals surface area (Å²) in [6, 6.07) is 42.8. The number of para-hydroxylation sites is 1. The van der Waals surface area contributed by atoms with Crippen molar-refractivity contribution in [1.82, 2.24) is 4.98 Å². The van der Waals surface area contributed by atoms with Crippen molar-refractivity contribution >= 4 is 54.4 Å². The summed E-state index contributed by atoms with van der Waals surface area (Å²) in [6.07, 6.45) is 1.91. The second-order valence-electron chi connectivity index (χ2n) is 9.50. The Morgan fingerprint density at radius 1 is 0.432 bits per heavy atom. The highest BCUT2D eigenvalue weighted by Crippen LogP contribution is 2.47. The molecule has 172 valence electrons. The quantitative estimate of drug-likeness (QED) is 0.235. The highest BCUT2D eigenvalue weighted by molar-refractivity contribution is 6.26. The van der Waals surface area contributed by atoms with Gasteiger partial charge in [-0.05, 0) is 56.4 Å². The van der Waals surface area contributed by atoms with Crippen LogP contribution in [0.2, 0.25) is 0 Å². The van der Waals surface area contributed by atoms with Gasteiger partial charge < -0.3 is 4.42 Å². The summed E-state index contributed by atoms with van der Waals surface area (Å²) in [6.45, 7) is 0. The standard InChI is InChI=1S/C35H21NO/c1-2-12-23-22(10-1)11-7-16-24(23)34-26-14-4-3-13-25(26)32(29-18-9-21-36-35(29)34)28-17-8-20-31-33(28)27-15-5-6-19-30(27)37-31/h1-21H. The van der Waals surface area contributed by atoms with Gasteiger partial charge in [-0.1, -0.05) is 103 Å². The van der Waals surface area contributed by atoms with Crippen LogP contribution in [0, 0.1) is 0 Å². The van der Waals surface area contributed by atoms with Gasteiger partial charge in [-0.3, -0.25) is 4.98 Å². The number of pyridine rings is 1. The molecular formula is C35H21NO. The SMILES string of the molecule is c1ccc2c(-c3c4ccccc4c(-c4cccc5oc6ccccc6c45)c4cccnc34)cccc2c1. The molecule has 2 aromatic heterocycles. The summed E-state index contributed by atoms with van der Waals surface area (Å²) in [7, 11) is 0. The maximum absolute atomic E-state index is 6.26. The zero-order valence-electron chi connectivity index (χ0n) is 20.0. The van der Waals surface area contributed by atoms with Gasteiger partial charge in [-0.25, -0.2) is 0 Å². The van der Waals surface area contributed by atoms with E-state index >= 15 is 0 Å². The Balaban J connectivity index is 1.59. The molecule has 0 unspecified atom stereocenters. The van der Waals surface area contributed by atoms with E-state index in [2.05, 4.69) is 103 Å². The van der Waals surface area contributed by atoms with Crippen molar-refractivity contribution in [2.75, 3.05) is 0 Å². The first-order valence-electron chi connectivity index (χ1n) is 12.6. The second-order valence-corrected chi connectivity index (χ2v) is 9.50.